The maximum absolute atomic E-state index is 12.9. The molecule has 0 rings (SSSR count). The van der Waals surface area contributed by atoms with Gasteiger partial charge in [-0.15, -0.1) is 0 Å². The quantitative estimate of drug-likeness (QED) is 0.0261. The van der Waals surface area contributed by atoms with E-state index in [0.717, 1.165) is 148 Å². The lowest BCUT2D eigenvalue weighted by atomic mass is 10.0. The Morgan fingerprint density at radius 2 is 0.470 bits per heavy atom. The SMILES string of the molecule is CC/C=C\C/C=C\C/C=C\C/C=C\C/C=C\C/C=C\C/C=C\CCCCCC(=O)OC(COC(=O)CCCCCCC/C=C\CCCCCC)COC(=O)CCCCCCCCCCCCC/C=C\C/C=C\C/C=C\C/C=C\C/C=C\CC. The first-order chi connectivity index (χ1) is 41.0. The molecular formula is C77H124O6. The molecule has 0 heterocycles. The van der Waals surface area contributed by atoms with Crippen LogP contribution >= 0.6 is 0 Å². The molecule has 0 aliphatic carbocycles. The second-order valence-electron chi connectivity index (χ2n) is 22.0. The van der Waals surface area contributed by atoms with Crippen LogP contribution in [0.3, 0.4) is 0 Å². The first-order valence-electron chi connectivity index (χ1n) is 34.0. The molecule has 0 N–H and O–H groups in total. The van der Waals surface area contributed by atoms with Gasteiger partial charge >= 0.3 is 17.9 Å². The highest BCUT2D eigenvalue weighted by molar-refractivity contribution is 5.71. The summed E-state index contributed by atoms with van der Waals surface area (Å²) in [5, 5.41) is 0. The molecule has 6 heteroatoms. The molecule has 1 atom stereocenters. The van der Waals surface area contributed by atoms with Crippen molar-refractivity contribution in [2.45, 2.75) is 297 Å². The molecule has 1 unspecified atom stereocenters. The average Bonchev–Trinajstić information content (AvgIpc) is 3.49. The number of unbranched alkanes of at least 4 members (excludes halogenated alkanes) is 23. The van der Waals surface area contributed by atoms with Crippen molar-refractivity contribution in [3.8, 4) is 0 Å². The third-order valence-corrected chi connectivity index (χ3v) is 14.0. The monoisotopic (exact) mass is 1140 g/mol. The maximum atomic E-state index is 12.9. The van der Waals surface area contributed by atoms with Crippen molar-refractivity contribution < 1.29 is 28.6 Å². The lowest BCUT2D eigenvalue weighted by molar-refractivity contribution is -0.167. The van der Waals surface area contributed by atoms with E-state index < -0.39 is 6.10 Å². The maximum Gasteiger partial charge on any atom is 0.306 e. The van der Waals surface area contributed by atoms with Gasteiger partial charge in [0.15, 0.2) is 6.10 Å². The lowest BCUT2D eigenvalue weighted by Crippen LogP contribution is -2.30. The second-order valence-corrected chi connectivity index (χ2v) is 22.0. The molecule has 0 bridgehead atoms. The predicted octanol–water partition coefficient (Wildman–Crippen LogP) is 23.7. The summed E-state index contributed by atoms with van der Waals surface area (Å²) in [4.78, 5) is 38.4. The topological polar surface area (TPSA) is 78.9 Å². The number of carbonyl (C=O) groups excluding carboxylic acids is 3. The summed E-state index contributed by atoms with van der Waals surface area (Å²) in [6.07, 6.45) is 101. The minimum atomic E-state index is -0.809. The van der Waals surface area contributed by atoms with Gasteiger partial charge in [0, 0.05) is 19.3 Å². The highest BCUT2D eigenvalue weighted by Gasteiger charge is 2.19. The third kappa shape index (κ3) is 67.7. The van der Waals surface area contributed by atoms with Crippen LogP contribution in [-0.4, -0.2) is 37.2 Å². The zero-order chi connectivity index (χ0) is 59.9. The number of hydrogen-bond donors (Lipinski definition) is 0. The van der Waals surface area contributed by atoms with E-state index in [9.17, 15) is 14.4 Å². The molecule has 0 saturated heterocycles. The normalized spacial score (nSPS) is 13.1. The van der Waals surface area contributed by atoms with Crippen LogP contribution in [0, 0.1) is 0 Å². The Balaban J connectivity index is 4.41. The molecular weight excluding hydrogens is 1020 g/mol. The van der Waals surface area contributed by atoms with Gasteiger partial charge in [-0.2, -0.15) is 0 Å². The summed E-state index contributed by atoms with van der Waals surface area (Å²) < 4.78 is 16.9. The highest BCUT2D eigenvalue weighted by Crippen LogP contribution is 2.15. The standard InChI is InChI=1S/C77H124O6/c1-4-7-10-13-16-19-22-25-27-29-31-33-35-37-38-40-41-43-45-47-49-52-55-58-61-64-67-70-76(79)82-73-74(72-81-75(78)69-66-63-60-57-54-51-24-21-18-15-12-9-6-3)83-77(80)71-68-65-62-59-56-53-50-48-46-44-42-39-36-34-32-30-28-26-23-20-17-14-11-8-5-2/h7-8,10-11,16-17,19-21,24-28,31-34,37-39,42,46,48,53,56,74H,4-6,9,12-15,18,22-23,29-30,35-36,40-41,43-45,47,49-52,54-55,57-73H2,1-3H3/b10-7-,11-8-,19-16-,20-17-,24-21-,27-25-,28-26-,33-31-,34-32-,38-37-,42-39-,48-46-,56-53-. The van der Waals surface area contributed by atoms with Crippen LogP contribution in [0.1, 0.15) is 290 Å². The van der Waals surface area contributed by atoms with Crippen LogP contribution < -0.4 is 0 Å². The summed E-state index contributed by atoms with van der Waals surface area (Å²) >= 11 is 0. The van der Waals surface area contributed by atoms with Gasteiger partial charge in [-0.25, -0.2) is 0 Å². The Bertz CT molecular complexity index is 1840. The van der Waals surface area contributed by atoms with Gasteiger partial charge in [0.05, 0.1) is 0 Å². The van der Waals surface area contributed by atoms with E-state index in [0.29, 0.717) is 19.3 Å². The van der Waals surface area contributed by atoms with Gasteiger partial charge < -0.3 is 14.2 Å². The van der Waals surface area contributed by atoms with Crippen molar-refractivity contribution in [2.75, 3.05) is 13.2 Å². The van der Waals surface area contributed by atoms with Gasteiger partial charge in [0.2, 0.25) is 0 Å². The minimum absolute atomic E-state index is 0.101. The second kappa shape index (κ2) is 69.5. The molecule has 0 spiro atoms. The van der Waals surface area contributed by atoms with E-state index in [2.05, 4.69) is 179 Å². The first kappa shape index (κ1) is 78.0. The summed E-state index contributed by atoms with van der Waals surface area (Å²) in [7, 11) is 0. The van der Waals surface area contributed by atoms with Crippen LogP contribution in [0.2, 0.25) is 0 Å². The van der Waals surface area contributed by atoms with E-state index in [1.54, 1.807) is 0 Å². The van der Waals surface area contributed by atoms with Crippen LogP contribution in [0.5, 0.6) is 0 Å². The fourth-order valence-electron chi connectivity index (χ4n) is 8.97. The van der Waals surface area contributed by atoms with E-state index in [-0.39, 0.29) is 37.5 Å². The number of ether oxygens (including phenoxy) is 3. The fourth-order valence-corrected chi connectivity index (χ4v) is 8.97. The summed E-state index contributed by atoms with van der Waals surface area (Å²) in [5.41, 5.74) is 0. The van der Waals surface area contributed by atoms with Crippen LogP contribution in [-0.2, 0) is 28.6 Å². The van der Waals surface area contributed by atoms with Gasteiger partial charge in [-0.3, -0.25) is 14.4 Å². The Kier molecular flexibility index (Phi) is 65.4. The molecule has 0 amide bonds. The molecule has 0 radical (unpaired) electrons. The van der Waals surface area contributed by atoms with Gasteiger partial charge in [0.1, 0.15) is 13.2 Å². The molecule has 0 aliphatic rings. The van der Waals surface area contributed by atoms with Crippen molar-refractivity contribution in [3.63, 3.8) is 0 Å². The zero-order valence-electron chi connectivity index (χ0n) is 53.7. The molecule has 0 saturated carbocycles. The van der Waals surface area contributed by atoms with Gasteiger partial charge in [-0.05, 0) is 148 Å². The molecule has 0 aliphatic heterocycles. The molecule has 0 aromatic rings. The molecule has 83 heavy (non-hydrogen) atoms. The number of carbonyl (C=O) groups is 3. The number of esters is 3. The van der Waals surface area contributed by atoms with Crippen molar-refractivity contribution in [1.29, 1.82) is 0 Å². The number of rotatable bonds is 60. The number of hydrogen-bond acceptors (Lipinski definition) is 6. The van der Waals surface area contributed by atoms with E-state index in [1.165, 1.54) is 96.3 Å². The van der Waals surface area contributed by atoms with E-state index >= 15 is 0 Å². The Hall–Kier alpha value is -4.97. The summed E-state index contributed by atoms with van der Waals surface area (Å²) in [5.74, 6) is -0.945. The Morgan fingerprint density at radius 3 is 0.759 bits per heavy atom. The fraction of sp³-hybridized carbons (Fsp3) is 0.623. The highest BCUT2D eigenvalue weighted by atomic mass is 16.6. The summed E-state index contributed by atoms with van der Waals surface area (Å²) in [6.45, 7) is 6.37. The average molecular weight is 1150 g/mol. The Labute approximate surface area is 511 Å². The molecule has 6 nitrogen and oxygen atoms in total. The molecule has 0 fully saturated rings. The van der Waals surface area contributed by atoms with Crippen molar-refractivity contribution in [3.05, 3.63) is 158 Å². The van der Waals surface area contributed by atoms with Crippen LogP contribution in [0.15, 0.2) is 158 Å². The van der Waals surface area contributed by atoms with Crippen LogP contribution in [0.25, 0.3) is 0 Å². The third-order valence-electron chi connectivity index (χ3n) is 14.0. The Morgan fingerprint density at radius 1 is 0.253 bits per heavy atom. The lowest BCUT2D eigenvalue weighted by Gasteiger charge is -2.18. The number of allylic oxidation sites excluding steroid dienone is 26. The van der Waals surface area contributed by atoms with Gasteiger partial charge in [0.25, 0.3) is 0 Å². The molecule has 0 aromatic carbocycles. The summed E-state index contributed by atoms with van der Waals surface area (Å²) in [6, 6.07) is 0. The smallest absolute Gasteiger partial charge is 0.306 e. The zero-order valence-corrected chi connectivity index (χ0v) is 53.7. The van der Waals surface area contributed by atoms with E-state index in [1.807, 2.05) is 0 Å². The van der Waals surface area contributed by atoms with Gasteiger partial charge in [-0.1, -0.05) is 281 Å². The molecule has 468 valence electrons. The predicted molar refractivity (Wildman–Crippen MR) is 362 cm³/mol. The van der Waals surface area contributed by atoms with Crippen molar-refractivity contribution >= 4 is 17.9 Å². The van der Waals surface area contributed by atoms with Crippen molar-refractivity contribution in [1.82, 2.24) is 0 Å². The van der Waals surface area contributed by atoms with Crippen molar-refractivity contribution in [2.24, 2.45) is 0 Å². The first-order valence-corrected chi connectivity index (χ1v) is 34.0. The van der Waals surface area contributed by atoms with E-state index in [4.69, 9.17) is 14.2 Å². The molecule has 0 aromatic heterocycles. The largest absolute Gasteiger partial charge is 0.462 e. The van der Waals surface area contributed by atoms with Crippen LogP contribution in [0.4, 0.5) is 0 Å². The minimum Gasteiger partial charge on any atom is -0.462 e.